The van der Waals surface area contributed by atoms with Gasteiger partial charge in [-0.3, -0.25) is 10.1 Å². The van der Waals surface area contributed by atoms with Crippen molar-refractivity contribution in [2.45, 2.75) is 0 Å². The van der Waals surface area contributed by atoms with E-state index in [1.807, 2.05) is 35.7 Å². The lowest BCUT2D eigenvalue weighted by molar-refractivity contribution is 0.102. The third-order valence-corrected chi connectivity index (χ3v) is 4.67. The number of furan rings is 1. The highest BCUT2D eigenvalue weighted by Crippen LogP contribution is 2.29. The maximum absolute atomic E-state index is 12.8. The van der Waals surface area contributed by atoms with Gasteiger partial charge in [0.25, 0.3) is 5.91 Å². The fourth-order valence-corrected chi connectivity index (χ4v) is 3.29. The Bertz CT molecular complexity index is 1090. The van der Waals surface area contributed by atoms with Crippen molar-refractivity contribution < 1.29 is 13.9 Å². The van der Waals surface area contributed by atoms with Crippen LogP contribution in [0.4, 0.5) is 16.6 Å². The number of amides is 1. The molecule has 0 fully saturated rings. The maximum Gasteiger partial charge on any atom is 0.261 e. The summed E-state index contributed by atoms with van der Waals surface area (Å²) in [6.45, 7) is 0. The van der Waals surface area contributed by atoms with E-state index in [1.165, 1.54) is 11.3 Å². The lowest BCUT2D eigenvalue weighted by Gasteiger charge is -2.13. The molecular formula is C20H16N4O3S. The first-order valence-corrected chi connectivity index (χ1v) is 9.28. The van der Waals surface area contributed by atoms with Crippen molar-refractivity contribution in [2.75, 3.05) is 17.7 Å². The summed E-state index contributed by atoms with van der Waals surface area (Å²) in [6, 6.07) is 14.4. The van der Waals surface area contributed by atoms with Crippen LogP contribution in [-0.2, 0) is 0 Å². The van der Waals surface area contributed by atoms with Gasteiger partial charge in [-0.05, 0) is 36.4 Å². The van der Waals surface area contributed by atoms with Crippen LogP contribution in [0.5, 0.6) is 5.75 Å². The van der Waals surface area contributed by atoms with Gasteiger partial charge in [0.05, 0.1) is 24.6 Å². The first kappa shape index (κ1) is 17.7. The highest BCUT2D eigenvalue weighted by Gasteiger charge is 2.16. The zero-order chi connectivity index (χ0) is 19.3. The van der Waals surface area contributed by atoms with E-state index >= 15 is 0 Å². The van der Waals surface area contributed by atoms with Crippen molar-refractivity contribution in [3.8, 4) is 17.2 Å². The molecule has 0 saturated heterocycles. The summed E-state index contributed by atoms with van der Waals surface area (Å²) in [5.74, 6) is 1.41. The number of carbonyl (C=O) groups excluding carboxylic acids is 1. The highest BCUT2D eigenvalue weighted by atomic mass is 32.1. The average molecular weight is 392 g/mol. The number of hydrogen-bond donors (Lipinski definition) is 2. The van der Waals surface area contributed by atoms with Crippen molar-refractivity contribution in [2.24, 2.45) is 0 Å². The number of nitrogens with zero attached hydrogens (tertiary/aromatic N) is 2. The predicted molar refractivity (Wildman–Crippen MR) is 108 cm³/mol. The van der Waals surface area contributed by atoms with Crippen LogP contribution >= 0.6 is 11.3 Å². The van der Waals surface area contributed by atoms with Crippen LogP contribution in [0.25, 0.3) is 11.5 Å². The fraction of sp³-hybridized carbons (Fsp3) is 0.0500. The normalized spacial score (nSPS) is 10.5. The molecule has 4 aromatic rings. The summed E-state index contributed by atoms with van der Waals surface area (Å²) in [4.78, 5) is 21.5. The van der Waals surface area contributed by atoms with E-state index in [4.69, 9.17) is 9.15 Å². The van der Waals surface area contributed by atoms with Crippen LogP contribution in [0.3, 0.4) is 0 Å². The Hall–Kier alpha value is -3.65. The number of pyridine rings is 1. The van der Waals surface area contributed by atoms with E-state index in [1.54, 1.807) is 37.8 Å². The predicted octanol–water partition coefficient (Wildman–Crippen LogP) is 4.80. The minimum atomic E-state index is -0.314. The molecule has 2 N–H and O–H groups in total. The number of methoxy groups -OCH3 is 1. The molecule has 0 aliphatic rings. The molecule has 0 aliphatic carbocycles. The second-order valence-electron chi connectivity index (χ2n) is 5.69. The largest absolute Gasteiger partial charge is 0.495 e. The zero-order valence-corrected chi connectivity index (χ0v) is 15.7. The summed E-state index contributed by atoms with van der Waals surface area (Å²) < 4.78 is 10.7. The van der Waals surface area contributed by atoms with Gasteiger partial charge < -0.3 is 14.5 Å². The first-order valence-electron chi connectivity index (χ1n) is 8.40. The third kappa shape index (κ3) is 3.72. The van der Waals surface area contributed by atoms with Crippen LogP contribution in [0.2, 0.25) is 0 Å². The number of benzene rings is 1. The third-order valence-electron chi connectivity index (χ3n) is 3.91. The van der Waals surface area contributed by atoms with E-state index < -0.39 is 0 Å². The number of nitrogens with one attached hydrogen (secondary N) is 2. The van der Waals surface area contributed by atoms with Gasteiger partial charge in [0, 0.05) is 11.6 Å². The van der Waals surface area contributed by atoms with Crippen molar-refractivity contribution in [1.29, 1.82) is 0 Å². The average Bonchev–Trinajstić information content (AvgIpc) is 3.40. The summed E-state index contributed by atoms with van der Waals surface area (Å²) in [6.07, 6.45) is 3.20. The molecule has 0 spiro atoms. The Balaban J connectivity index is 1.55. The van der Waals surface area contributed by atoms with Crippen molar-refractivity contribution in [3.63, 3.8) is 0 Å². The number of carbonyl (C=O) groups is 1. The number of hydrogen-bond acceptors (Lipinski definition) is 7. The molecule has 1 amide bonds. The van der Waals surface area contributed by atoms with Crippen molar-refractivity contribution in [1.82, 2.24) is 9.97 Å². The molecule has 1 aromatic carbocycles. The first-order chi connectivity index (χ1) is 13.7. The summed E-state index contributed by atoms with van der Waals surface area (Å²) >= 11 is 1.32. The topological polar surface area (TPSA) is 89.3 Å². The lowest BCUT2D eigenvalue weighted by Crippen LogP contribution is -2.14. The van der Waals surface area contributed by atoms with Gasteiger partial charge in [0.15, 0.2) is 10.9 Å². The number of para-hydroxylation sites is 2. The smallest absolute Gasteiger partial charge is 0.261 e. The van der Waals surface area contributed by atoms with Crippen molar-refractivity contribution >= 4 is 33.9 Å². The highest BCUT2D eigenvalue weighted by molar-refractivity contribution is 7.14. The molecule has 0 radical (unpaired) electrons. The zero-order valence-electron chi connectivity index (χ0n) is 14.9. The second-order valence-corrected chi connectivity index (χ2v) is 6.55. The molecule has 140 valence electrons. The van der Waals surface area contributed by atoms with Crippen LogP contribution in [0, 0.1) is 0 Å². The van der Waals surface area contributed by atoms with Crippen LogP contribution in [-0.4, -0.2) is 23.0 Å². The molecule has 28 heavy (non-hydrogen) atoms. The molecule has 0 aliphatic heterocycles. The van der Waals surface area contributed by atoms with Crippen molar-refractivity contribution in [3.05, 3.63) is 71.9 Å². The number of rotatable bonds is 6. The van der Waals surface area contributed by atoms with Crippen LogP contribution < -0.4 is 15.4 Å². The Morgan fingerprint density at radius 3 is 2.86 bits per heavy atom. The van der Waals surface area contributed by atoms with E-state index in [9.17, 15) is 4.79 Å². The molecule has 8 heteroatoms. The SMILES string of the molecule is COc1ccccc1Nc1ncccc1C(=O)Nc1nc(-c2ccco2)cs1. The summed E-state index contributed by atoms with van der Waals surface area (Å²) in [7, 11) is 1.59. The van der Waals surface area contributed by atoms with Gasteiger partial charge in [0.2, 0.25) is 0 Å². The van der Waals surface area contributed by atoms with Gasteiger partial charge >= 0.3 is 0 Å². The maximum atomic E-state index is 12.8. The molecule has 4 rings (SSSR count). The van der Waals surface area contributed by atoms with Gasteiger partial charge in [-0.2, -0.15) is 0 Å². The quantitative estimate of drug-likeness (QED) is 0.490. The van der Waals surface area contributed by atoms with Gasteiger partial charge in [-0.1, -0.05) is 12.1 Å². The van der Waals surface area contributed by atoms with Gasteiger partial charge in [-0.25, -0.2) is 9.97 Å². The Kier molecular flexibility index (Phi) is 5.03. The number of ether oxygens (including phenoxy) is 1. The molecule has 0 bridgehead atoms. The van der Waals surface area contributed by atoms with E-state index in [-0.39, 0.29) is 5.91 Å². The Morgan fingerprint density at radius 2 is 2.04 bits per heavy atom. The second kappa shape index (κ2) is 7.93. The molecule has 3 heterocycles. The van der Waals surface area contributed by atoms with Gasteiger partial charge in [-0.15, -0.1) is 11.3 Å². The molecule has 0 saturated carbocycles. The monoisotopic (exact) mass is 392 g/mol. The van der Waals surface area contributed by atoms with Gasteiger partial charge in [0.1, 0.15) is 17.3 Å². The minimum absolute atomic E-state index is 0.314. The number of anilines is 3. The molecule has 3 aromatic heterocycles. The molecule has 7 nitrogen and oxygen atoms in total. The van der Waals surface area contributed by atoms with Crippen LogP contribution in [0.1, 0.15) is 10.4 Å². The Labute approximate surface area is 165 Å². The summed E-state index contributed by atoms with van der Waals surface area (Å²) in [5.41, 5.74) is 1.78. The lowest BCUT2D eigenvalue weighted by atomic mass is 10.2. The van der Waals surface area contributed by atoms with E-state index in [2.05, 4.69) is 20.6 Å². The van der Waals surface area contributed by atoms with E-state index in [0.717, 1.165) is 0 Å². The standard InChI is InChI=1S/C20H16N4O3S/c1-26-16-8-3-2-7-14(16)22-18-13(6-4-10-21-18)19(25)24-20-23-15(12-28-20)17-9-5-11-27-17/h2-12H,1H3,(H,21,22)(H,23,24,25). The molecule has 0 unspecified atom stereocenters. The Morgan fingerprint density at radius 1 is 1.14 bits per heavy atom. The van der Waals surface area contributed by atoms with Crippen LogP contribution in [0.15, 0.2) is 70.8 Å². The molecular weight excluding hydrogens is 376 g/mol. The molecule has 0 atom stereocenters. The minimum Gasteiger partial charge on any atom is -0.495 e. The number of aromatic nitrogens is 2. The number of thiazole rings is 1. The van der Waals surface area contributed by atoms with E-state index in [0.29, 0.717) is 39.4 Å². The fourth-order valence-electron chi connectivity index (χ4n) is 2.60. The summed E-state index contributed by atoms with van der Waals surface area (Å²) in [5, 5.41) is 8.27.